The zero-order valence-corrected chi connectivity index (χ0v) is 15.7. The van der Waals surface area contributed by atoms with Crippen LogP contribution in [0.5, 0.6) is 11.5 Å². The summed E-state index contributed by atoms with van der Waals surface area (Å²) in [6.45, 7) is 3.76. The average Bonchev–Trinajstić information content (AvgIpc) is 2.55. The van der Waals surface area contributed by atoms with E-state index in [9.17, 15) is 13.2 Å². The summed E-state index contributed by atoms with van der Waals surface area (Å²) >= 11 is 0. The van der Waals surface area contributed by atoms with Gasteiger partial charge in [-0.25, -0.2) is 13.8 Å². The van der Waals surface area contributed by atoms with Gasteiger partial charge in [0, 0.05) is 18.6 Å². The Bertz CT molecular complexity index is 856. The summed E-state index contributed by atoms with van der Waals surface area (Å²) in [5.74, 6) is 0.378. The molecule has 0 radical (unpaired) electrons. The van der Waals surface area contributed by atoms with Crippen molar-refractivity contribution in [3.8, 4) is 11.5 Å². The normalized spacial score (nSPS) is 18.4. The zero-order valence-electron chi connectivity index (χ0n) is 14.9. The van der Waals surface area contributed by atoms with Gasteiger partial charge in [-0.1, -0.05) is 6.92 Å². The molecule has 1 atom stereocenters. The third-order valence-corrected chi connectivity index (χ3v) is 5.07. The highest BCUT2D eigenvalue weighted by molar-refractivity contribution is 7.90. The second-order valence-electron chi connectivity index (χ2n) is 5.99. The summed E-state index contributed by atoms with van der Waals surface area (Å²) in [5.41, 5.74) is 4.66. The van der Waals surface area contributed by atoms with Crippen LogP contribution in [0.2, 0.25) is 0 Å². The van der Waals surface area contributed by atoms with Crippen LogP contribution in [0.4, 0.5) is 0 Å². The van der Waals surface area contributed by atoms with Gasteiger partial charge in [-0.15, -0.1) is 0 Å². The Morgan fingerprint density at radius 3 is 2.52 bits per heavy atom. The van der Waals surface area contributed by atoms with Gasteiger partial charge in [0.2, 0.25) is 5.91 Å². The number of rotatable bonds is 5. The molecule has 1 aromatic rings. The third kappa shape index (κ3) is 4.19. The van der Waals surface area contributed by atoms with Crippen LogP contribution in [-0.2, 0) is 14.6 Å². The van der Waals surface area contributed by atoms with Gasteiger partial charge in [-0.2, -0.15) is 5.10 Å². The number of carbonyl (C=O) groups excluding carboxylic acids is 1. The molecule has 136 valence electrons. The van der Waals surface area contributed by atoms with Crippen molar-refractivity contribution >= 4 is 27.0 Å². The highest BCUT2D eigenvalue weighted by atomic mass is 32.2. The van der Waals surface area contributed by atoms with Crippen LogP contribution < -0.4 is 14.9 Å². The fourth-order valence-electron chi connectivity index (χ4n) is 2.58. The SMILES string of the molecule is COc1cc(C(C)=CC2=NNC(=O)CC2C)cc(S(C)(=O)=O)c1OC. The van der Waals surface area contributed by atoms with Gasteiger partial charge in [0.05, 0.1) is 19.9 Å². The Morgan fingerprint density at radius 2 is 2.00 bits per heavy atom. The largest absolute Gasteiger partial charge is 0.493 e. The summed E-state index contributed by atoms with van der Waals surface area (Å²) in [6, 6.07) is 3.27. The Kier molecular flexibility index (Phi) is 5.52. The molecule has 1 N–H and O–H groups in total. The molecule has 1 unspecified atom stereocenters. The number of hydrogen-bond acceptors (Lipinski definition) is 6. The molecule has 25 heavy (non-hydrogen) atoms. The van der Waals surface area contributed by atoms with Crippen LogP contribution in [0.1, 0.15) is 25.8 Å². The number of ether oxygens (including phenoxy) is 2. The van der Waals surface area contributed by atoms with Gasteiger partial charge >= 0.3 is 0 Å². The third-order valence-electron chi connectivity index (χ3n) is 3.97. The van der Waals surface area contributed by atoms with Crippen molar-refractivity contribution in [3.05, 3.63) is 23.8 Å². The van der Waals surface area contributed by atoms with E-state index in [1.54, 1.807) is 12.1 Å². The molecule has 0 aliphatic carbocycles. The van der Waals surface area contributed by atoms with Crippen molar-refractivity contribution < 1.29 is 22.7 Å². The minimum atomic E-state index is -3.50. The van der Waals surface area contributed by atoms with Gasteiger partial charge in [0.1, 0.15) is 4.90 Å². The standard InChI is InChI=1S/C17H22N2O5S/c1-10(6-13-11(2)7-16(20)19-18-13)12-8-14(23-3)17(24-4)15(9-12)25(5,21)22/h6,8-9,11H,7H2,1-5H3,(H,19,20). The van der Waals surface area contributed by atoms with Gasteiger partial charge in [-0.3, -0.25) is 4.79 Å². The number of nitrogens with zero attached hydrogens (tertiary/aromatic N) is 1. The minimum absolute atomic E-state index is 0.0155. The second-order valence-corrected chi connectivity index (χ2v) is 7.97. The van der Waals surface area contributed by atoms with Crippen LogP contribution in [0, 0.1) is 5.92 Å². The number of benzene rings is 1. The number of allylic oxidation sites excluding steroid dienone is 2. The van der Waals surface area contributed by atoms with Gasteiger partial charge < -0.3 is 9.47 Å². The molecule has 0 aromatic heterocycles. The highest BCUT2D eigenvalue weighted by Crippen LogP contribution is 2.37. The van der Waals surface area contributed by atoms with E-state index in [1.807, 2.05) is 19.9 Å². The number of hydrogen-bond donors (Lipinski definition) is 1. The number of amides is 1. The van der Waals surface area contributed by atoms with Crippen molar-refractivity contribution in [2.75, 3.05) is 20.5 Å². The lowest BCUT2D eigenvalue weighted by molar-refractivity contribution is -0.121. The predicted molar refractivity (Wildman–Crippen MR) is 95.7 cm³/mol. The van der Waals surface area contributed by atoms with Crippen molar-refractivity contribution in [1.29, 1.82) is 0 Å². The molecule has 2 rings (SSSR count). The molecule has 0 saturated carbocycles. The minimum Gasteiger partial charge on any atom is -0.493 e. The Hall–Kier alpha value is -2.35. The van der Waals surface area contributed by atoms with Crippen molar-refractivity contribution in [2.45, 2.75) is 25.2 Å². The zero-order chi connectivity index (χ0) is 18.8. The van der Waals surface area contributed by atoms with Crippen molar-refractivity contribution in [3.63, 3.8) is 0 Å². The maximum Gasteiger partial charge on any atom is 0.240 e. The summed E-state index contributed by atoms with van der Waals surface area (Å²) < 4.78 is 34.7. The lowest BCUT2D eigenvalue weighted by Gasteiger charge is -2.18. The number of carbonyl (C=O) groups is 1. The van der Waals surface area contributed by atoms with E-state index in [4.69, 9.17) is 9.47 Å². The Balaban J connectivity index is 2.55. The first-order valence-corrected chi connectivity index (χ1v) is 9.57. The topological polar surface area (TPSA) is 94.1 Å². The first kappa shape index (κ1) is 19.0. The predicted octanol–water partition coefficient (Wildman–Crippen LogP) is 2.02. The molecule has 0 fully saturated rings. The van der Waals surface area contributed by atoms with Crippen molar-refractivity contribution in [2.24, 2.45) is 11.0 Å². The van der Waals surface area contributed by atoms with E-state index in [1.165, 1.54) is 14.2 Å². The van der Waals surface area contributed by atoms with E-state index in [0.29, 0.717) is 17.7 Å². The first-order chi connectivity index (χ1) is 11.7. The molecule has 0 bridgehead atoms. The lowest BCUT2D eigenvalue weighted by atomic mass is 9.96. The van der Waals surface area contributed by atoms with Crippen LogP contribution in [0.3, 0.4) is 0 Å². The van der Waals surface area contributed by atoms with E-state index >= 15 is 0 Å². The monoisotopic (exact) mass is 366 g/mol. The van der Waals surface area contributed by atoms with Gasteiger partial charge in [0.25, 0.3) is 0 Å². The molecule has 0 spiro atoms. The van der Waals surface area contributed by atoms with Gasteiger partial charge in [-0.05, 0) is 36.3 Å². The van der Waals surface area contributed by atoms with Crippen molar-refractivity contribution in [1.82, 2.24) is 5.43 Å². The molecule has 1 aromatic carbocycles. The molecule has 1 amide bonds. The van der Waals surface area contributed by atoms with Gasteiger partial charge in [0.15, 0.2) is 21.3 Å². The number of sulfone groups is 1. The van der Waals surface area contributed by atoms with E-state index in [-0.39, 0.29) is 22.5 Å². The Morgan fingerprint density at radius 1 is 1.32 bits per heavy atom. The quantitative estimate of drug-likeness (QED) is 0.860. The van der Waals surface area contributed by atoms with Crippen LogP contribution in [0.15, 0.2) is 28.2 Å². The molecule has 1 aliphatic rings. The fourth-order valence-corrected chi connectivity index (χ4v) is 3.44. The lowest BCUT2D eigenvalue weighted by Crippen LogP contribution is -2.30. The summed E-state index contributed by atoms with van der Waals surface area (Å²) in [7, 11) is -0.652. The van der Waals surface area contributed by atoms with E-state index in [0.717, 1.165) is 17.5 Å². The van der Waals surface area contributed by atoms with Crippen LogP contribution in [0.25, 0.3) is 5.57 Å². The van der Waals surface area contributed by atoms with E-state index < -0.39 is 9.84 Å². The molecule has 8 heteroatoms. The van der Waals surface area contributed by atoms with Crippen LogP contribution in [-0.4, -0.2) is 40.5 Å². The highest BCUT2D eigenvalue weighted by Gasteiger charge is 2.22. The average molecular weight is 366 g/mol. The fraction of sp³-hybridized carbons (Fsp3) is 0.412. The molecule has 1 aliphatic heterocycles. The maximum absolute atomic E-state index is 12.1. The number of methoxy groups -OCH3 is 2. The second kappa shape index (κ2) is 7.26. The van der Waals surface area contributed by atoms with Crippen LogP contribution >= 0.6 is 0 Å². The number of hydrazone groups is 1. The summed E-state index contributed by atoms with van der Waals surface area (Å²) in [5, 5.41) is 4.07. The summed E-state index contributed by atoms with van der Waals surface area (Å²) in [6.07, 6.45) is 3.32. The number of nitrogens with one attached hydrogen (secondary N) is 1. The first-order valence-electron chi connectivity index (χ1n) is 7.68. The molecular weight excluding hydrogens is 344 g/mol. The Labute approximate surface area is 147 Å². The molecule has 1 heterocycles. The maximum atomic E-state index is 12.1. The summed E-state index contributed by atoms with van der Waals surface area (Å²) in [4.78, 5) is 11.4. The molecule has 7 nitrogen and oxygen atoms in total. The molecule has 0 saturated heterocycles. The smallest absolute Gasteiger partial charge is 0.240 e. The van der Waals surface area contributed by atoms with E-state index in [2.05, 4.69) is 10.5 Å². The molecular formula is C17H22N2O5S.